The van der Waals surface area contributed by atoms with E-state index in [1.165, 1.54) is 30.3 Å². The van der Waals surface area contributed by atoms with Gasteiger partial charge in [-0.3, -0.25) is 4.72 Å². The van der Waals surface area contributed by atoms with Gasteiger partial charge < -0.3 is 9.47 Å². The van der Waals surface area contributed by atoms with E-state index in [-0.39, 0.29) is 9.92 Å². The Morgan fingerprint density at radius 2 is 1.64 bits per heavy atom. The van der Waals surface area contributed by atoms with Gasteiger partial charge in [-0.15, -0.1) is 0 Å². The molecule has 0 fully saturated rings. The highest BCUT2D eigenvalue weighted by Gasteiger charge is 2.19. The number of ether oxygens (including phenoxy) is 2. The van der Waals surface area contributed by atoms with E-state index >= 15 is 0 Å². The highest BCUT2D eigenvalue weighted by atomic mass is 35.5. The van der Waals surface area contributed by atoms with Gasteiger partial charge in [0.25, 0.3) is 10.0 Å². The molecule has 0 radical (unpaired) electrons. The number of rotatable bonds is 3. The maximum atomic E-state index is 12.4. The van der Waals surface area contributed by atoms with Crippen LogP contribution in [0.15, 0.2) is 41.3 Å². The molecule has 0 bridgehead atoms. The van der Waals surface area contributed by atoms with Crippen LogP contribution in [0.1, 0.15) is 0 Å². The van der Waals surface area contributed by atoms with Crippen LogP contribution in [0.3, 0.4) is 0 Å². The second-order valence-corrected chi connectivity index (χ2v) is 7.04. The summed E-state index contributed by atoms with van der Waals surface area (Å²) in [5, 5.41) is 0.619. The van der Waals surface area contributed by atoms with Crippen molar-refractivity contribution in [3.05, 3.63) is 46.4 Å². The van der Waals surface area contributed by atoms with Crippen molar-refractivity contribution in [3.8, 4) is 11.5 Å². The summed E-state index contributed by atoms with van der Waals surface area (Å²) in [4.78, 5) is 0.0721. The van der Waals surface area contributed by atoms with Crippen molar-refractivity contribution in [1.82, 2.24) is 0 Å². The van der Waals surface area contributed by atoms with Gasteiger partial charge in [0, 0.05) is 6.07 Å². The van der Waals surface area contributed by atoms with Gasteiger partial charge in [-0.1, -0.05) is 23.2 Å². The average molecular weight is 360 g/mol. The van der Waals surface area contributed by atoms with Crippen molar-refractivity contribution in [2.24, 2.45) is 0 Å². The Kier molecular flexibility index (Phi) is 4.08. The van der Waals surface area contributed by atoms with E-state index in [0.29, 0.717) is 35.4 Å². The lowest BCUT2D eigenvalue weighted by Gasteiger charge is -2.19. The minimum absolute atomic E-state index is 0.0721. The molecule has 0 amide bonds. The van der Waals surface area contributed by atoms with Gasteiger partial charge in [0.2, 0.25) is 0 Å². The van der Waals surface area contributed by atoms with Crippen LogP contribution in [0.5, 0.6) is 11.5 Å². The molecule has 2 aromatic rings. The van der Waals surface area contributed by atoms with Gasteiger partial charge in [-0.2, -0.15) is 0 Å². The fourth-order valence-corrected chi connectivity index (χ4v) is 3.33. The lowest BCUT2D eigenvalue weighted by molar-refractivity contribution is 0.171. The van der Waals surface area contributed by atoms with Gasteiger partial charge >= 0.3 is 0 Å². The third-order valence-corrected chi connectivity index (χ3v) is 5.11. The summed E-state index contributed by atoms with van der Waals surface area (Å²) in [6.07, 6.45) is 0. The number of hydrogen-bond acceptors (Lipinski definition) is 4. The molecule has 2 aromatic carbocycles. The van der Waals surface area contributed by atoms with Crippen LogP contribution in [0, 0.1) is 0 Å². The maximum absolute atomic E-state index is 12.4. The van der Waals surface area contributed by atoms with Gasteiger partial charge in [0.15, 0.2) is 11.5 Å². The van der Waals surface area contributed by atoms with E-state index in [4.69, 9.17) is 32.7 Å². The van der Waals surface area contributed by atoms with Gasteiger partial charge in [-0.25, -0.2) is 8.42 Å². The molecule has 1 N–H and O–H groups in total. The lowest BCUT2D eigenvalue weighted by Crippen LogP contribution is -2.17. The molecule has 1 aliphatic heterocycles. The zero-order valence-electron chi connectivity index (χ0n) is 11.2. The van der Waals surface area contributed by atoms with Crippen LogP contribution in [0.25, 0.3) is 0 Å². The minimum Gasteiger partial charge on any atom is -0.486 e. The monoisotopic (exact) mass is 359 g/mol. The summed E-state index contributed by atoms with van der Waals surface area (Å²) in [7, 11) is -3.76. The molecule has 5 nitrogen and oxygen atoms in total. The summed E-state index contributed by atoms with van der Waals surface area (Å²) in [6, 6.07) is 8.94. The molecule has 8 heteroatoms. The van der Waals surface area contributed by atoms with Crippen LogP contribution in [-0.4, -0.2) is 21.6 Å². The van der Waals surface area contributed by atoms with Crippen molar-refractivity contribution in [1.29, 1.82) is 0 Å². The first-order chi connectivity index (χ1) is 10.5. The molecule has 1 heterocycles. The van der Waals surface area contributed by atoms with Crippen molar-refractivity contribution >= 4 is 38.9 Å². The molecule has 3 rings (SSSR count). The molecule has 0 spiro atoms. The van der Waals surface area contributed by atoms with Crippen LogP contribution >= 0.6 is 23.2 Å². The molecule has 0 saturated heterocycles. The Hall–Kier alpha value is -1.63. The minimum atomic E-state index is -3.76. The van der Waals surface area contributed by atoms with E-state index in [2.05, 4.69) is 4.72 Å². The second-order valence-electron chi connectivity index (χ2n) is 4.54. The highest BCUT2D eigenvalue weighted by Crippen LogP contribution is 2.33. The van der Waals surface area contributed by atoms with Gasteiger partial charge in [0.1, 0.15) is 13.2 Å². The summed E-state index contributed by atoms with van der Waals surface area (Å²) < 4.78 is 38.0. The molecule has 0 aromatic heterocycles. The number of nitrogens with one attached hydrogen (secondary N) is 1. The molecule has 22 heavy (non-hydrogen) atoms. The Bertz CT molecular complexity index is 824. The smallest absolute Gasteiger partial charge is 0.262 e. The zero-order chi connectivity index (χ0) is 15.7. The third kappa shape index (κ3) is 3.09. The van der Waals surface area contributed by atoms with Crippen molar-refractivity contribution in [3.63, 3.8) is 0 Å². The van der Waals surface area contributed by atoms with E-state index in [1.54, 1.807) is 6.07 Å². The van der Waals surface area contributed by atoms with Gasteiger partial charge in [0.05, 0.1) is 20.6 Å². The number of fused-ring (bicyclic) bond motifs is 1. The number of hydrogen-bond donors (Lipinski definition) is 1. The Balaban J connectivity index is 1.90. The number of anilines is 1. The summed E-state index contributed by atoms with van der Waals surface area (Å²) >= 11 is 11.7. The van der Waals surface area contributed by atoms with Crippen molar-refractivity contribution in [2.75, 3.05) is 17.9 Å². The normalized spacial score (nSPS) is 13.7. The molecule has 0 aliphatic carbocycles. The molecular formula is C14H11Cl2NO4S. The molecule has 1 aliphatic rings. The SMILES string of the molecule is O=S(=O)(Nc1ccc(Cl)c(Cl)c1)c1ccc2c(c1)OCCO2. The summed E-state index contributed by atoms with van der Waals surface area (Å²) in [6.45, 7) is 0.831. The predicted molar refractivity (Wildman–Crippen MR) is 84.7 cm³/mol. The van der Waals surface area contributed by atoms with Gasteiger partial charge in [-0.05, 0) is 30.3 Å². The lowest BCUT2D eigenvalue weighted by atomic mass is 10.3. The van der Waals surface area contributed by atoms with Crippen molar-refractivity contribution in [2.45, 2.75) is 4.90 Å². The molecule has 0 unspecified atom stereocenters. The van der Waals surface area contributed by atoms with E-state index in [9.17, 15) is 8.42 Å². The fourth-order valence-electron chi connectivity index (χ4n) is 1.96. The van der Waals surface area contributed by atoms with Crippen LogP contribution < -0.4 is 14.2 Å². The van der Waals surface area contributed by atoms with E-state index < -0.39 is 10.0 Å². The molecular weight excluding hydrogens is 349 g/mol. The number of sulfonamides is 1. The van der Waals surface area contributed by atoms with Crippen molar-refractivity contribution < 1.29 is 17.9 Å². The number of halogens is 2. The third-order valence-electron chi connectivity index (χ3n) is 3.00. The summed E-state index contributed by atoms with van der Waals surface area (Å²) in [5.41, 5.74) is 0.323. The van der Waals surface area contributed by atoms with E-state index in [1.807, 2.05) is 0 Å². The van der Waals surface area contributed by atoms with Crippen LogP contribution in [-0.2, 0) is 10.0 Å². The first-order valence-electron chi connectivity index (χ1n) is 6.33. The number of benzene rings is 2. The second kappa shape index (κ2) is 5.87. The topological polar surface area (TPSA) is 64.6 Å². The Labute approximate surface area is 137 Å². The summed E-state index contributed by atoms with van der Waals surface area (Å²) in [5.74, 6) is 0.933. The van der Waals surface area contributed by atoms with Crippen LogP contribution in [0.2, 0.25) is 10.0 Å². The Morgan fingerprint density at radius 3 is 2.36 bits per heavy atom. The maximum Gasteiger partial charge on any atom is 0.262 e. The standard InChI is InChI=1S/C14H11Cl2NO4S/c15-11-3-1-9(7-12(11)16)17-22(18,19)10-2-4-13-14(8-10)21-6-5-20-13/h1-4,7-8,17H,5-6H2. The molecule has 116 valence electrons. The zero-order valence-corrected chi connectivity index (χ0v) is 13.5. The predicted octanol–water partition coefficient (Wildman–Crippen LogP) is 3.57. The first kappa shape index (κ1) is 15.3. The highest BCUT2D eigenvalue weighted by molar-refractivity contribution is 7.92. The van der Waals surface area contributed by atoms with E-state index in [0.717, 1.165) is 0 Å². The quantitative estimate of drug-likeness (QED) is 0.909. The molecule has 0 saturated carbocycles. The fraction of sp³-hybridized carbons (Fsp3) is 0.143. The Morgan fingerprint density at radius 1 is 0.909 bits per heavy atom. The first-order valence-corrected chi connectivity index (χ1v) is 8.57. The largest absolute Gasteiger partial charge is 0.486 e. The molecule has 0 atom stereocenters. The van der Waals surface area contributed by atoms with Crippen LogP contribution in [0.4, 0.5) is 5.69 Å². The average Bonchev–Trinajstić information content (AvgIpc) is 2.50.